The van der Waals surface area contributed by atoms with Crippen LogP contribution < -0.4 is 5.56 Å². The van der Waals surface area contributed by atoms with E-state index in [0.717, 1.165) is 16.7 Å². The number of hydrogen-bond acceptors (Lipinski definition) is 3. The fourth-order valence-electron chi connectivity index (χ4n) is 2.98. The Kier molecular flexibility index (Phi) is 7.32. The van der Waals surface area contributed by atoms with Crippen LogP contribution in [0.15, 0.2) is 58.5 Å². The molecule has 0 saturated carbocycles. The molecule has 5 heteroatoms. The molecule has 4 nitrogen and oxygen atoms in total. The maximum Gasteiger partial charge on any atom is 0.258 e. The molecule has 1 aromatic carbocycles. The van der Waals surface area contributed by atoms with Crippen LogP contribution in [0.1, 0.15) is 47.1 Å². The molecule has 1 atom stereocenters. The van der Waals surface area contributed by atoms with Gasteiger partial charge in [0.2, 0.25) is 0 Å². The molecule has 0 bridgehead atoms. The lowest BCUT2D eigenvalue weighted by Gasteiger charge is -2.40. The van der Waals surface area contributed by atoms with Gasteiger partial charge in [-0.1, -0.05) is 57.2 Å². The number of H-pyrrole nitrogens is 1. The molecule has 0 amide bonds. The molecule has 0 fully saturated rings. The highest BCUT2D eigenvalue weighted by Gasteiger charge is 2.39. The smallest absolute Gasteiger partial charge is 0.258 e. The first-order valence-corrected chi connectivity index (χ1v) is 13.3. The summed E-state index contributed by atoms with van der Waals surface area (Å²) in [6, 6.07) is 9.53. The van der Waals surface area contributed by atoms with E-state index in [4.69, 9.17) is 4.43 Å². The summed E-state index contributed by atoms with van der Waals surface area (Å²) in [6.07, 6.45) is 5.11. The van der Waals surface area contributed by atoms with Gasteiger partial charge in [0.15, 0.2) is 8.32 Å². The van der Waals surface area contributed by atoms with E-state index < -0.39 is 8.32 Å². The largest absolute Gasteiger partial charge is 0.506 e. The first-order valence-electron chi connectivity index (χ1n) is 10.4. The highest BCUT2D eigenvalue weighted by atomic mass is 28.4. The molecule has 2 rings (SSSR count). The predicted octanol–water partition coefficient (Wildman–Crippen LogP) is 6.51. The van der Waals surface area contributed by atoms with Crippen molar-refractivity contribution in [3.05, 3.63) is 69.7 Å². The number of pyridine rings is 1. The average Bonchev–Trinajstić information content (AvgIpc) is 2.68. The van der Waals surface area contributed by atoms with Gasteiger partial charge in [0.05, 0.1) is 11.7 Å². The van der Waals surface area contributed by atoms with Gasteiger partial charge in [0, 0.05) is 11.8 Å². The van der Waals surface area contributed by atoms with Gasteiger partial charge in [0.1, 0.15) is 5.75 Å². The normalized spacial score (nSPS) is 14.7. The zero-order valence-electron chi connectivity index (χ0n) is 19.5. The van der Waals surface area contributed by atoms with Crippen molar-refractivity contribution in [3.63, 3.8) is 0 Å². The van der Waals surface area contributed by atoms with Crippen molar-refractivity contribution in [3.8, 4) is 16.9 Å². The van der Waals surface area contributed by atoms with Gasteiger partial charge in [-0.2, -0.15) is 0 Å². The van der Waals surface area contributed by atoms with Gasteiger partial charge in [-0.25, -0.2) is 0 Å². The Morgan fingerprint density at radius 1 is 1.13 bits per heavy atom. The van der Waals surface area contributed by atoms with Gasteiger partial charge in [-0.05, 0) is 61.7 Å². The first kappa shape index (κ1) is 23.9. The maximum absolute atomic E-state index is 12.6. The maximum atomic E-state index is 12.6. The molecule has 162 valence electrons. The Morgan fingerprint density at radius 2 is 1.73 bits per heavy atom. The summed E-state index contributed by atoms with van der Waals surface area (Å²) in [5.74, 6) is -0.0199. The van der Waals surface area contributed by atoms with E-state index >= 15 is 0 Å². The Hall–Kier alpha value is -2.37. The lowest BCUT2D eigenvalue weighted by molar-refractivity contribution is 0.246. The summed E-state index contributed by atoms with van der Waals surface area (Å²) in [5.41, 5.74) is 3.35. The van der Waals surface area contributed by atoms with Gasteiger partial charge < -0.3 is 14.5 Å². The molecule has 30 heavy (non-hydrogen) atoms. The number of hydrogen-bond donors (Lipinski definition) is 2. The van der Waals surface area contributed by atoms with Crippen LogP contribution in [0.2, 0.25) is 18.1 Å². The van der Waals surface area contributed by atoms with E-state index in [1.54, 1.807) is 12.3 Å². The summed E-state index contributed by atoms with van der Waals surface area (Å²) < 4.78 is 6.69. The second kappa shape index (κ2) is 9.19. The van der Waals surface area contributed by atoms with E-state index in [2.05, 4.69) is 38.8 Å². The highest BCUT2D eigenvalue weighted by molar-refractivity contribution is 6.74. The predicted molar refractivity (Wildman–Crippen MR) is 129 cm³/mol. The third-order valence-corrected chi connectivity index (χ3v) is 10.5. The number of aromatic amines is 1. The molecule has 1 aromatic heterocycles. The van der Waals surface area contributed by atoms with Crippen molar-refractivity contribution in [1.29, 1.82) is 0 Å². The van der Waals surface area contributed by atoms with Crippen molar-refractivity contribution >= 4 is 14.4 Å². The van der Waals surface area contributed by atoms with Gasteiger partial charge in [0.25, 0.3) is 5.56 Å². The van der Waals surface area contributed by atoms with E-state index in [0.29, 0.717) is 5.56 Å². The molecule has 0 aliphatic carbocycles. The summed E-state index contributed by atoms with van der Waals surface area (Å²) >= 11 is 0. The van der Waals surface area contributed by atoms with Crippen molar-refractivity contribution in [2.75, 3.05) is 0 Å². The molecule has 2 N–H and O–H groups in total. The topological polar surface area (TPSA) is 62.3 Å². The number of rotatable bonds is 6. The van der Waals surface area contributed by atoms with Gasteiger partial charge >= 0.3 is 0 Å². The minimum Gasteiger partial charge on any atom is -0.506 e. The third kappa shape index (κ3) is 5.21. The standard InChI is InChI=1S/C25H35NO3Si/c1-9-17(2)23(29-30(7,8)25(4,5)6)18(3)15-20-22(27)21(16-26-24(20)28)19-13-11-10-12-14-19/h9-16,23H,1-8H3,(H2,26,27,28)/b17-9-,18-15+/t23-/m0/s1. The molecule has 0 unspecified atom stereocenters. The van der Waals surface area contributed by atoms with Gasteiger partial charge in [-0.3, -0.25) is 4.79 Å². The molecule has 1 heterocycles. The highest BCUT2D eigenvalue weighted by Crippen LogP contribution is 2.39. The monoisotopic (exact) mass is 425 g/mol. The number of aromatic nitrogens is 1. The van der Waals surface area contributed by atoms with E-state index in [9.17, 15) is 9.90 Å². The Balaban J connectivity index is 2.55. The minimum absolute atomic E-state index is 0.0199. The number of allylic oxidation sites excluding steroid dienone is 1. The Labute approximate surface area is 181 Å². The van der Waals surface area contributed by atoms with Crippen molar-refractivity contribution in [2.45, 2.75) is 65.8 Å². The van der Waals surface area contributed by atoms with Crippen LogP contribution in [0.3, 0.4) is 0 Å². The van der Waals surface area contributed by atoms with Crippen molar-refractivity contribution < 1.29 is 9.53 Å². The molecule has 0 aliphatic rings. The van der Waals surface area contributed by atoms with Gasteiger partial charge in [-0.15, -0.1) is 0 Å². The summed E-state index contributed by atoms with van der Waals surface area (Å²) in [5, 5.41) is 11.0. The Morgan fingerprint density at radius 3 is 2.27 bits per heavy atom. The number of benzene rings is 1. The summed E-state index contributed by atoms with van der Waals surface area (Å²) in [6.45, 7) is 17.1. The molecule has 2 aromatic rings. The van der Waals surface area contributed by atoms with Crippen LogP contribution in [0.25, 0.3) is 17.2 Å². The molecule has 0 aliphatic heterocycles. The van der Waals surface area contributed by atoms with Crippen molar-refractivity contribution in [1.82, 2.24) is 4.98 Å². The number of aromatic hydroxyl groups is 1. The van der Waals surface area contributed by atoms with E-state index in [1.807, 2.05) is 57.2 Å². The van der Waals surface area contributed by atoms with Crippen LogP contribution in [0.5, 0.6) is 5.75 Å². The molecular weight excluding hydrogens is 390 g/mol. The second-order valence-corrected chi connectivity index (χ2v) is 14.1. The van der Waals surface area contributed by atoms with Crippen LogP contribution in [0.4, 0.5) is 0 Å². The van der Waals surface area contributed by atoms with Crippen molar-refractivity contribution in [2.24, 2.45) is 0 Å². The summed E-state index contributed by atoms with van der Waals surface area (Å²) in [4.78, 5) is 15.3. The van der Waals surface area contributed by atoms with Crippen LogP contribution in [0, 0.1) is 0 Å². The minimum atomic E-state index is -2.05. The zero-order chi connectivity index (χ0) is 22.7. The SMILES string of the molecule is C/C=C(/C)[C@H](O[Si](C)(C)C(C)(C)C)/C(C)=C/c1c(O)c(-c2ccccc2)c[nH]c1=O. The molecule has 0 spiro atoms. The average molecular weight is 426 g/mol. The molecular formula is C25H35NO3Si. The molecule has 0 radical (unpaired) electrons. The fourth-order valence-corrected chi connectivity index (χ4v) is 4.29. The number of nitrogens with one attached hydrogen (secondary N) is 1. The van der Waals surface area contributed by atoms with Crippen LogP contribution in [-0.4, -0.2) is 24.5 Å². The Bertz CT molecular complexity index is 995. The quantitative estimate of drug-likeness (QED) is 0.410. The third-order valence-electron chi connectivity index (χ3n) is 6.06. The first-order chi connectivity index (χ1) is 13.9. The van der Waals surface area contributed by atoms with Crippen LogP contribution >= 0.6 is 0 Å². The lowest BCUT2D eigenvalue weighted by atomic mass is 9.99. The van der Waals surface area contributed by atoms with E-state index in [1.165, 1.54) is 0 Å². The van der Waals surface area contributed by atoms with Crippen LogP contribution in [-0.2, 0) is 4.43 Å². The summed E-state index contributed by atoms with van der Waals surface area (Å²) in [7, 11) is -2.05. The van der Waals surface area contributed by atoms with E-state index in [-0.39, 0.29) is 28.0 Å². The zero-order valence-corrected chi connectivity index (χ0v) is 20.5. The fraction of sp³-hybridized carbons (Fsp3) is 0.400. The second-order valence-electron chi connectivity index (χ2n) is 9.34. The molecule has 0 saturated heterocycles. The lowest BCUT2D eigenvalue weighted by Crippen LogP contribution is -2.44.